The molecule has 3 heteroatoms. The third-order valence-corrected chi connectivity index (χ3v) is 4.58. The van der Waals surface area contributed by atoms with E-state index >= 15 is 0 Å². The van der Waals surface area contributed by atoms with E-state index in [-0.39, 0.29) is 0 Å². The second-order valence-corrected chi connectivity index (χ2v) is 5.80. The smallest absolute Gasteiger partial charge is 0.0962 e. The summed E-state index contributed by atoms with van der Waals surface area (Å²) >= 11 is 1.95. The standard InChI is InChI=1S/C13H22N2S/c1-3-6-11-12(9-14-2)16-13(15-11)10-7-4-5-8-10/h10,14H,3-9H2,1-2H3. The molecule has 1 aliphatic rings. The molecule has 90 valence electrons. The van der Waals surface area contributed by atoms with Gasteiger partial charge in [-0.15, -0.1) is 11.3 Å². The first-order valence-electron chi connectivity index (χ1n) is 6.48. The quantitative estimate of drug-likeness (QED) is 0.849. The van der Waals surface area contributed by atoms with Gasteiger partial charge >= 0.3 is 0 Å². The van der Waals surface area contributed by atoms with E-state index in [1.807, 2.05) is 18.4 Å². The second-order valence-electron chi connectivity index (χ2n) is 4.68. The number of hydrogen-bond donors (Lipinski definition) is 1. The van der Waals surface area contributed by atoms with Gasteiger partial charge in [0.2, 0.25) is 0 Å². The SMILES string of the molecule is CCCc1nc(C2CCCC2)sc1CNC. The largest absolute Gasteiger partial charge is 0.315 e. The molecular formula is C13H22N2S. The maximum absolute atomic E-state index is 4.88. The molecular weight excluding hydrogens is 216 g/mol. The van der Waals surface area contributed by atoms with Crippen LogP contribution in [0.25, 0.3) is 0 Å². The highest BCUT2D eigenvalue weighted by Crippen LogP contribution is 2.37. The van der Waals surface area contributed by atoms with Gasteiger partial charge in [-0.1, -0.05) is 26.2 Å². The lowest BCUT2D eigenvalue weighted by Crippen LogP contribution is -2.05. The minimum absolute atomic E-state index is 0.770. The molecule has 0 spiro atoms. The number of hydrogen-bond acceptors (Lipinski definition) is 3. The molecule has 0 radical (unpaired) electrons. The fraction of sp³-hybridized carbons (Fsp3) is 0.769. The summed E-state index contributed by atoms with van der Waals surface area (Å²) in [6.07, 6.45) is 7.85. The van der Waals surface area contributed by atoms with Crippen molar-refractivity contribution in [1.29, 1.82) is 0 Å². The van der Waals surface area contributed by atoms with E-state index in [0.29, 0.717) is 0 Å². The van der Waals surface area contributed by atoms with Gasteiger partial charge < -0.3 is 5.32 Å². The third-order valence-electron chi connectivity index (χ3n) is 3.32. The number of nitrogens with zero attached hydrogens (tertiary/aromatic N) is 1. The zero-order chi connectivity index (χ0) is 11.4. The Morgan fingerprint density at radius 3 is 2.75 bits per heavy atom. The number of thiazole rings is 1. The van der Waals surface area contributed by atoms with E-state index < -0.39 is 0 Å². The molecule has 1 aromatic rings. The summed E-state index contributed by atoms with van der Waals surface area (Å²) in [5.41, 5.74) is 1.35. The maximum Gasteiger partial charge on any atom is 0.0962 e. The molecule has 0 unspecified atom stereocenters. The Hall–Kier alpha value is -0.410. The van der Waals surface area contributed by atoms with E-state index in [0.717, 1.165) is 18.9 Å². The molecule has 1 aliphatic carbocycles. The fourth-order valence-electron chi connectivity index (χ4n) is 2.48. The van der Waals surface area contributed by atoms with Gasteiger partial charge in [-0.05, 0) is 26.3 Å². The molecule has 1 saturated carbocycles. The van der Waals surface area contributed by atoms with E-state index in [1.54, 1.807) is 0 Å². The van der Waals surface area contributed by atoms with Crippen LogP contribution < -0.4 is 5.32 Å². The number of rotatable bonds is 5. The zero-order valence-corrected chi connectivity index (χ0v) is 11.2. The van der Waals surface area contributed by atoms with Crippen molar-refractivity contribution in [3.63, 3.8) is 0 Å². The molecule has 0 aromatic carbocycles. The van der Waals surface area contributed by atoms with Crippen LogP contribution in [-0.4, -0.2) is 12.0 Å². The van der Waals surface area contributed by atoms with Crippen molar-refractivity contribution < 1.29 is 0 Å². The summed E-state index contributed by atoms with van der Waals surface area (Å²) in [7, 11) is 2.02. The Balaban J connectivity index is 2.15. The van der Waals surface area contributed by atoms with Gasteiger partial charge in [-0.25, -0.2) is 4.98 Å². The molecule has 1 fully saturated rings. The highest BCUT2D eigenvalue weighted by Gasteiger charge is 2.21. The molecule has 16 heavy (non-hydrogen) atoms. The number of aromatic nitrogens is 1. The zero-order valence-electron chi connectivity index (χ0n) is 10.4. The second kappa shape index (κ2) is 5.78. The van der Waals surface area contributed by atoms with Gasteiger partial charge in [0.1, 0.15) is 0 Å². The molecule has 1 N–H and O–H groups in total. The maximum atomic E-state index is 4.88. The molecule has 0 aliphatic heterocycles. The van der Waals surface area contributed by atoms with Crippen molar-refractivity contribution >= 4 is 11.3 Å². The molecule has 0 bridgehead atoms. The predicted octanol–water partition coefficient (Wildman–Crippen LogP) is 3.47. The Bertz CT molecular complexity index is 303. The van der Waals surface area contributed by atoms with Crippen molar-refractivity contribution in [2.45, 2.75) is 57.9 Å². The Labute approximate surface area is 102 Å². The first-order valence-corrected chi connectivity index (χ1v) is 7.29. The highest BCUT2D eigenvalue weighted by atomic mass is 32.1. The van der Waals surface area contributed by atoms with Gasteiger partial charge in [-0.3, -0.25) is 0 Å². The lowest BCUT2D eigenvalue weighted by molar-refractivity contribution is 0.708. The Morgan fingerprint density at radius 2 is 2.12 bits per heavy atom. The minimum atomic E-state index is 0.770. The molecule has 0 atom stereocenters. The Morgan fingerprint density at radius 1 is 1.38 bits per heavy atom. The van der Waals surface area contributed by atoms with Crippen LogP contribution >= 0.6 is 11.3 Å². The van der Waals surface area contributed by atoms with Crippen molar-refractivity contribution in [1.82, 2.24) is 10.3 Å². The van der Waals surface area contributed by atoms with Crippen LogP contribution in [0.2, 0.25) is 0 Å². The summed E-state index contributed by atoms with van der Waals surface area (Å²) < 4.78 is 0. The van der Waals surface area contributed by atoms with Crippen LogP contribution in [-0.2, 0) is 13.0 Å². The first-order chi connectivity index (χ1) is 7.85. The average Bonchev–Trinajstić information content (AvgIpc) is 2.89. The van der Waals surface area contributed by atoms with Crippen molar-refractivity contribution in [2.24, 2.45) is 0 Å². The number of nitrogens with one attached hydrogen (secondary N) is 1. The van der Waals surface area contributed by atoms with E-state index in [2.05, 4.69) is 12.2 Å². The van der Waals surface area contributed by atoms with Crippen LogP contribution in [0.4, 0.5) is 0 Å². The average molecular weight is 238 g/mol. The van der Waals surface area contributed by atoms with Crippen LogP contribution in [0.1, 0.15) is 60.5 Å². The Kier molecular flexibility index (Phi) is 4.36. The van der Waals surface area contributed by atoms with Crippen LogP contribution in [0.5, 0.6) is 0 Å². The summed E-state index contributed by atoms with van der Waals surface area (Å²) in [6, 6.07) is 0. The first kappa shape index (κ1) is 12.1. The molecule has 0 amide bonds. The molecule has 1 aromatic heterocycles. The van der Waals surface area contributed by atoms with Gasteiger partial charge in [0, 0.05) is 17.3 Å². The summed E-state index contributed by atoms with van der Waals surface area (Å²) in [5.74, 6) is 0.770. The van der Waals surface area contributed by atoms with Crippen molar-refractivity contribution in [3.05, 3.63) is 15.6 Å². The van der Waals surface area contributed by atoms with Gasteiger partial charge in [0.25, 0.3) is 0 Å². The third kappa shape index (κ3) is 2.64. The van der Waals surface area contributed by atoms with Crippen LogP contribution in [0.3, 0.4) is 0 Å². The van der Waals surface area contributed by atoms with Crippen molar-refractivity contribution in [2.75, 3.05) is 7.05 Å². The molecule has 2 rings (SSSR count). The topological polar surface area (TPSA) is 24.9 Å². The van der Waals surface area contributed by atoms with Gasteiger partial charge in [-0.2, -0.15) is 0 Å². The fourth-order valence-corrected chi connectivity index (χ4v) is 3.77. The normalized spacial score (nSPS) is 17.1. The summed E-state index contributed by atoms with van der Waals surface area (Å²) in [6.45, 7) is 3.22. The lowest BCUT2D eigenvalue weighted by atomic mass is 10.1. The van der Waals surface area contributed by atoms with E-state index in [1.165, 1.54) is 47.7 Å². The lowest BCUT2D eigenvalue weighted by Gasteiger charge is -2.02. The van der Waals surface area contributed by atoms with Crippen LogP contribution in [0, 0.1) is 0 Å². The predicted molar refractivity (Wildman–Crippen MR) is 70.1 cm³/mol. The van der Waals surface area contributed by atoms with E-state index in [9.17, 15) is 0 Å². The van der Waals surface area contributed by atoms with Crippen molar-refractivity contribution in [3.8, 4) is 0 Å². The van der Waals surface area contributed by atoms with E-state index in [4.69, 9.17) is 4.98 Å². The molecule has 0 saturated heterocycles. The summed E-state index contributed by atoms with van der Waals surface area (Å²) in [5, 5.41) is 4.67. The summed E-state index contributed by atoms with van der Waals surface area (Å²) in [4.78, 5) is 6.34. The van der Waals surface area contributed by atoms with Gasteiger partial charge in [0.05, 0.1) is 10.7 Å². The highest BCUT2D eigenvalue weighted by molar-refractivity contribution is 7.11. The van der Waals surface area contributed by atoms with Crippen LogP contribution in [0.15, 0.2) is 0 Å². The number of aryl methyl sites for hydroxylation is 1. The van der Waals surface area contributed by atoms with Gasteiger partial charge in [0.15, 0.2) is 0 Å². The molecule has 1 heterocycles. The minimum Gasteiger partial charge on any atom is -0.315 e. The monoisotopic (exact) mass is 238 g/mol. The molecule has 2 nitrogen and oxygen atoms in total.